The number of nitrogens with two attached hydrogens (primary N) is 1. The van der Waals surface area contributed by atoms with Gasteiger partial charge in [0.05, 0.1) is 0 Å². The van der Waals surface area contributed by atoms with Crippen LogP contribution in [0.15, 0.2) is 36.7 Å². The summed E-state index contributed by atoms with van der Waals surface area (Å²) < 4.78 is 0. The molecule has 0 aliphatic rings. The maximum absolute atomic E-state index is 10.8. The molecule has 0 saturated heterocycles. The summed E-state index contributed by atoms with van der Waals surface area (Å²) in [5.74, 6) is -0.954. The Morgan fingerprint density at radius 3 is 2.15 bits per heavy atom. The Morgan fingerprint density at radius 2 is 1.75 bits per heavy atom. The first kappa shape index (κ1) is 14.4. The number of carbonyl (C=O) groups is 1. The zero-order chi connectivity index (χ0) is 14.4. The molecule has 5 N–H and O–H groups in total. The van der Waals surface area contributed by atoms with E-state index in [1.54, 1.807) is 0 Å². The fraction of sp³-hybridized carbons (Fsp3) is 0.357. The molecule has 0 bridgehead atoms. The lowest BCUT2D eigenvalue weighted by molar-refractivity contribution is -0.138. The van der Waals surface area contributed by atoms with E-state index in [1.807, 2.05) is 36.7 Å². The zero-order valence-electron chi connectivity index (χ0n) is 11.2. The molecule has 0 spiro atoms. The molecular weight excluding hydrogens is 256 g/mol. The molecule has 108 valence electrons. The summed E-state index contributed by atoms with van der Waals surface area (Å²) in [4.78, 5) is 19.3. The predicted octanol–water partition coefficient (Wildman–Crippen LogP) is 1.15. The van der Waals surface area contributed by atoms with Crippen LogP contribution in [0, 0.1) is 0 Å². The van der Waals surface area contributed by atoms with E-state index in [4.69, 9.17) is 10.8 Å². The zero-order valence-corrected chi connectivity index (χ0v) is 11.2. The Hall–Kier alpha value is -2.05. The predicted molar refractivity (Wildman–Crippen MR) is 75.9 cm³/mol. The van der Waals surface area contributed by atoms with E-state index in [0.29, 0.717) is 13.0 Å². The van der Waals surface area contributed by atoms with Crippen molar-refractivity contribution in [1.82, 2.24) is 14.9 Å². The molecule has 2 rings (SSSR count). The van der Waals surface area contributed by atoms with Crippen molar-refractivity contribution in [3.63, 3.8) is 0 Å². The number of carboxylic acids is 1. The number of aliphatic carboxylic acids is 1. The average Bonchev–Trinajstić information content (AvgIpc) is 3.08. The van der Waals surface area contributed by atoms with Gasteiger partial charge in [0.1, 0.15) is 6.04 Å². The Kier molecular flexibility index (Phi) is 4.97. The number of rotatable bonds is 8. The molecule has 0 aliphatic carbocycles. The van der Waals surface area contributed by atoms with Crippen molar-refractivity contribution in [3.05, 3.63) is 48.0 Å². The molecule has 0 fully saturated rings. The summed E-state index contributed by atoms with van der Waals surface area (Å²) >= 11 is 0. The lowest BCUT2D eigenvalue weighted by atomic mass is 10.2. The van der Waals surface area contributed by atoms with E-state index in [9.17, 15) is 4.79 Å². The van der Waals surface area contributed by atoms with Crippen molar-refractivity contribution in [2.75, 3.05) is 6.54 Å². The van der Waals surface area contributed by atoms with Crippen molar-refractivity contribution < 1.29 is 9.90 Å². The van der Waals surface area contributed by atoms with Gasteiger partial charge in [-0.05, 0) is 30.7 Å². The first-order valence-electron chi connectivity index (χ1n) is 6.60. The Bertz CT molecular complexity index is 471. The normalized spacial score (nSPS) is 12.7. The molecule has 0 radical (unpaired) electrons. The highest BCUT2D eigenvalue weighted by Crippen LogP contribution is 2.08. The van der Waals surface area contributed by atoms with Crippen LogP contribution in [0.25, 0.3) is 0 Å². The standard InChI is InChI=1S/C14H20N4O2/c15-13(14(19)20)5-8-18(9-11-3-1-6-16-11)10-12-4-2-7-17-12/h1-4,6-7,13,16-17H,5,8-10,15H2,(H,19,20)/t13-/m0/s1. The van der Waals surface area contributed by atoms with Crippen LogP contribution >= 0.6 is 0 Å². The lowest BCUT2D eigenvalue weighted by Gasteiger charge is -2.22. The maximum Gasteiger partial charge on any atom is 0.320 e. The molecule has 2 aromatic rings. The summed E-state index contributed by atoms with van der Waals surface area (Å²) in [6, 6.07) is 7.11. The average molecular weight is 276 g/mol. The maximum atomic E-state index is 10.8. The van der Waals surface area contributed by atoms with Crippen LogP contribution in [0.3, 0.4) is 0 Å². The van der Waals surface area contributed by atoms with E-state index in [0.717, 1.165) is 24.5 Å². The molecule has 0 saturated carbocycles. The van der Waals surface area contributed by atoms with E-state index in [-0.39, 0.29) is 0 Å². The van der Waals surface area contributed by atoms with Crippen molar-refractivity contribution >= 4 is 5.97 Å². The summed E-state index contributed by atoms with van der Waals surface area (Å²) in [7, 11) is 0. The van der Waals surface area contributed by atoms with Gasteiger partial charge in [0.2, 0.25) is 0 Å². The fourth-order valence-electron chi connectivity index (χ4n) is 2.07. The third-order valence-electron chi connectivity index (χ3n) is 3.19. The highest BCUT2D eigenvalue weighted by molar-refractivity contribution is 5.72. The van der Waals surface area contributed by atoms with Crippen LogP contribution in [0.1, 0.15) is 17.8 Å². The molecule has 0 aliphatic heterocycles. The van der Waals surface area contributed by atoms with Gasteiger partial charge < -0.3 is 20.8 Å². The van der Waals surface area contributed by atoms with Crippen molar-refractivity contribution in [3.8, 4) is 0 Å². The smallest absolute Gasteiger partial charge is 0.320 e. The fourth-order valence-corrected chi connectivity index (χ4v) is 2.07. The number of aromatic amines is 2. The van der Waals surface area contributed by atoms with Crippen LogP contribution in [0.4, 0.5) is 0 Å². The van der Waals surface area contributed by atoms with Gasteiger partial charge >= 0.3 is 5.97 Å². The molecule has 0 unspecified atom stereocenters. The minimum absolute atomic E-state index is 0.427. The third-order valence-corrected chi connectivity index (χ3v) is 3.19. The minimum atomic E-state index is -0.954. The molecular formula is C14H20N4O2. The summed E-state index contributed by atoms with van der Waals surface area (Å²) in [5, 5.41) is 8.85. The lowest BCUT2D eigenvalue weighted by Crippen LogP contribution is -2.35. The van der Waals surface area contributed by atoms with Crippen molar-refractivity contribution in [2.24, 2.45) is 5.73 Å². The topological polar surface area (TPSA) is 98.1 Å². The first-order chi connectivity index (χ1) is 9.65. The van der Waals surface area contributed by atoms with Gasteiger partial charge in [-0.1, -0.05) is 0 Å². The molecule has 0 aromatic carbocycles. The second kappa shape index (κ2) is 6.93. The van der Waals surface area contributed by atoms with Gasteiger partial charge in [0.15, 0.2) is 0 Å². The molecule has 20 heavy (non-hydrogen) atoms. The quantitative estimate of drug-likeness (QED) is 0.581. The Balaban J connectivity index is 1.94. The van der Waals surface area contributed by atoms with Crippen LogP contribution in [-0.4, -0.2) is 38.5 Å². The van der Waals surface area contributed by atoms with Crippen LogP contribution in [0.2, 0.25) is 0 Å². The number of hydrogen-bond acceptors (Lipinski definition) is 3. The van der Waals surface area contributed by atoms with E-state index in [2.05, 4.69) is 14.9 Å². The monoisotopic (exact) mass is 276 g/mol. The molecule has 2 aromatic heterocycles. The van der Waals surface area contributed by atoms with Gasteiger partial charge in [-0.25, -0.2) is 0 Å². The van der Waals surface area contributed by atoms with E-state index >= 15 is 0 Å². The molecule has 6 heteroatoms. The number of hydrogen-bond donors (Lipinski definition) is 4. The summed E-state index contributed by atoms with van der Waals surface area (Å²) in [6.07, 6.45) is 4.19. The van der Waals surface area contributed by atoms with Gasteiger partial charge in [-0.3, -0.25) is 9.69 Å². The van der Waals surface area contributed by atoms with E-state index < -0.39 is 12.0 Å². The van der Waals surface area contributed by atoms with Crippen molar-refractivity contribution in [1.29, 1.82) is 0 Å². The van der Waals surface area contributed by atoms with Gasteiger partial charge in [-0.2, -0.15) is 0 Å². The molecule has 0 amide bonds. The Labute approximate surface area is 117 Å². The number of nitrogens with zero attached hydrogens (tertiary/aromatic N) is 1. The summed E-state index contributed by atoms with van der Waals surface area (Å²) in [5.41, 5.74) is 7.77. The van der Waals surface area contributed by atoms with Crippen LogP contribution < -0.4 is 5.73 Å². The molecule has 1 atom stereocenters. The summed E-state index contributed by atoms with van der Waals surface area (Å²) in [6.45, 7) is 2.10. The van der Waals surface area contributed by atoms with Crippen LogP contribution in [0.5, 0.6) is 0 Å². The molecule has 6 nitrogen and oxygen atoms in total. The number of H-pyrrole nitrogens is 2. The highest BCUT2D eigenvalue weighted by atomic mass is 16.4. The second-order valence-corrected chi connectivity index (χ2v) is 4.83. The second-order valence-electron chi connectivity index (χ2n) is 4.83. The first-order valence-corrected chi connectivity index (χ1v) is 6.60. The minimum Gasteiger partial charge on any atom is -0.480 e. The molecule has 2 heterocycles. The highest BCUT2D eigenvalue weighted by Gasteiger charge is 2.15. The Morgan fingerprint density at radius 1 is 1.20 bits per heavy atom. The largest absolute Gasteiger partial charge is 0.480 e. The van der Waals surface area contributed by atoms with Crippen LogP contribution in [-0.2, 0) is 17.9 Å². The van der Waals surface area contributed by atoms with Gasteiger partial charge in [0, 0.05) is 43.4 Å². The number of aromatic nitrogens is 2. The SMILES string of the molecule is N[C@@H](CCN(Cc1ccc[nH]1)Cc1ccc[nH]1)C(=O)O. The third kappa shape index (κ3) is 4.25. The van der Waals surface area contributed by atoms with Gasteiger partial charge in [-0.15, -0.1) is 0 Å². The number of carboxylic acid groups (broad SMARTS) is 1. The van der Waals surface area contributed by atoms with Gasteiger partial charge in [0.25, 0.3) is 0 Å². The number of nitrogens with one attached hydrogen (secondary N) is 2. The van der Waals surface area contributed by atoms with Crippen molar-refractivity contribution in [2.45, 2.75) is 25.6 Å². The van der Waals surface area contributed by atoms with E-state index in [1.165, 1.54) is 0 Å².